The maximum atomic E-state index is 6.29. The van der Waals surface area contributed by atoms with Crippen molar-refractivity contribution in [2.75, 3.05) is 46.3 Å². The highest BCUT2D eigenvalue weighted by Crippen LogP contribution is 2.19. The largest absolute Gasteiger partial charge is 0.419 e. The second-order valence-electron chi connectivity index (χ2n) is 8.83. The van der Waals surface area contributed by atoms with Gasteiger partial charge in [0, 0.05) is 6.04 Å². The Hall–Kier alpha value is 0.0569. The van der Waals surface area contributed by atoms with Crippen molar-refractivity contribution in [2.24, 2.45) is 0 Å². The maximum absolute atomic E-state index is 6.29. The Morgan fingerprint density at radius 2 is 1.57 bits per heavy atom. The quantitative estimate of drug-likeness (QED) is 0.237. The summed E-state index contributed by atoms with van der Waals surface area (Å²) >= 11 is 0. The van der Waals surface area contributed by atoms with Crippen LogP contribution in [0.15, 0.2) is 0 Å². The fourth-order valence-corrected chi connectivity index (χ4v) is 4.87. The van der Waals surface area contributed by atoms with Gasteiger partial charge < -0.3 is 19.5 Å². The molecule has 0 heterocycles. The van der Waals surface area contributed by atoms with E-state index in [0.717, 1.165) is 19.4 Å². The molecule has 4 nitrogen and oxygen atoms in total. The van der Waals surface area contributed by atoms with E-state index in [1.807, 2.05) is 0 Å². The molecule has 1 N–H and O–H groups in total. The van der Waals surface area contributed by atoms with Crippen LogP contribution in [-0.2, 0) is 4.43 Å². The molecule has 170 valence electrons. The van der Waals surface area contributed by atoms with Gasteiger partial charge in [0.2, 0.25) is 0 Å². The summed E-state index contributed by atoms with van der Waals surface area (Å²) in [7, 11) is 1.87. The van der Waals surface area contributed by atoms with Crippen LogP contribution in [0.25, 0.3) is 0 Å². The minimum absolute atomic E-state index is 0.136. The fraction of sp³-hybridized carbons (Fsp3) is 1.00. The Bertz CT molecular complexity index is 340. The predicted octanol–water partition coefficient (Wildman–Crippen LogP) is 4.29. The average Bonchev–Trinajstić information content (AvgIpc) is 2.70. The lowest BCUT2D eigenvalue weighted by Crippen LogP contribution is -2.33. The minimum Gasteiger partial charge on any atom is -0.419 e. The van der Waals surface area contributed by atoms with Gasteiger partial charge in [-0.3, -0.25) is 0 Å². The van der Waals surface area contributed by atoms with E-state index in [1.54, 1.807) is 0 Å². The molecular formula is C23H53N3OSi. The van der Waals surface area contributed by atoms with E-state index in [4.69, 9.17) is 4.43 Å². The van der Waals surface area contributed by atoms with Crippen molar-refractivity contribution in [3.05, 3.63) is 0 Å². The Morgan fingerprint density at radius 1 is 0.929 bits per heavy atom. The lowest BCUT2D eigenvalue weighted by atomic mass is 10.0. The molecule has 0 aliphatic rings. The number of hydrogen-bond acceptors (Lipinski definition) is 4. The molecule has 28 heavy (non-hydrogen) atoms. The standard InChI is InChI=1S/C23H53N3OSi/c1-8-16-25(7)17-13-19-26(18-12-15-24-22(5)9-2)20-14-21-28-27-23(6,10-3)11-4/h22,24H,8-21,28H2,1-7H3. The summed E-state index contributed by atoms with van der Waals surface area (Å²) in [5.41, 5.74) is 0.136. The smallest absolute Gasteiger partial charge is 0.162 e. The van der Waals surface area contributed by atoms with E-state index in [1.165, 1.54) is 70.9 Å². The number of hydrogen-bond donors (Lipinski definition) is 1. The average molecular weight is 416 g/mol. The third-order valence-electron chi connectivity index (χ3n) is 6.19. The van der Waals surface area contributed by atoms with E-state index in [0.29, 0.717) is 6.04 Å². The van der Waals surface area contributed by atoms with E-state index < -0.39 is 0 Å². The van der Waals surface area contributed by atoms with Crippen molar-refractivity contribution < 1.29 is 4.43 Å². The van der Waals surface area contributed by atoms with Crippen molar-refractivity contribution in [1.29, 1.82) is 0 Å². The van der Waals surface area contributed by atoms with Gasteiger partial charge in [-0.25, -0.2) is 0 Å². The second-order valence-corrected chi connectivity index (χ2v) is 10.2. The Balaban J connectivity index is 4.16. The van der Waals surface area contributed by atoms with E-state index in [-0.39, 0.29) is 15.4 Å². The summed E-state index contributed by atoms with van der Waals surface area (Å²) in [5.74, 6) is 0. The highest BCUT2D eigenvalue weighted by Gasteiger charge is 2.19. The normalized spacial score (nSPS) is 14.0. The predicted molar refractivity (Wildman–Crippen MR) is 129 cm³/mol. The number of rotatable bonds is 20. The summed E-state index contributed by atoms with van der Waals surface area (Å²) in [6.45, 7) is 20.9. The molecular weight excluding hydrogens is 362 g/mol. The van der Waals surface area contributed by atoms with Crippen molar-refractivity contribution >= 4 is 9.76 Å². The van der Waals surface area contributed by atoms with Crippen LogP contribution in [0, 0.1) is 0 Å². The van der Waals surface area contributed by atoms with Crippen LogP contribution in [0.2, 0.25) is 6.04 Å². The van der Waals surface area contributed by atoms with Crippen molar-refractivity contribution in [3.63, 3.8) is 0 Å². The zero-order valence-electron chi connectivity index (χ0n) is 20.5. The lowest BCUT2D eigenvalue weighted by molar-refractivity contribution is 0.0848. The first-order valence-electron chi connectivity index (χ1n) is 12.2. The third-order valence-corrected chi connectivity index (χ3v) is 7.88. The van der Waals surface area contributed by atoms with Gasteiger partial charge in [-0.15, -0.1) is 0 Å². The highest BCUT2D eigenvalue weighted by molar-refractivity contribution is 6.27. The molecule has 1 unspecified atom stereocenters. The lowest BCUT2D eigenvalue weighted by Gasteiger charge is -2.28. The van der Waals surface area contributed by atoms with Gasteiger partial charge >= 0.3 is 0 Å². The first kappa shape index (κ1) is 28.1. The molecule has 0 aliphatic heterocycles. The van der Waals surface area contributed by atoms with Gasteiger partial charge in [-0.05, 0) is 111 Å². The number of nitrogens with one attached hydrogen (secondary N) is 1. The molecule has 0 saturated carbocycles. The monoisotopic (exact) mass is 415 g/mol. The molecule has 0 rings (SSSR count). The number of nitrogens with zero attached hydrogens (tertiary/aromatic N) is 2. The van der Waals surface area contributed by atoms with Crippen LogP contribution < -0.4 is 5.32 Å². The highest BCUT2D eigenvalue weighted by atomic mass is 28.2. The zero-order valence-corrected chi connectivity index (χ0v) is 21.9. The minimum atomic E-state index is -0.382. The first-order valence-corrected chi connectivity index (χ1v) is 13.8. The van der Waals surface area contributed by atoms with Gasteiger partial charge in [0.25, 0.3) is 0 Å². The molecule has 0 radical (unpaired) electrons. The summed E-state index contributed by atoms with van der Waals surface area (Å²) < 4.78 is 6.29. The molecule has 0 fully saturated rings. The summed E-state index contributed by atoms with van der Waals surface area (Å²) in [6, 6.07) is 1.96. The van der Waals surface area contributed by atoms with Crippen LogP contribution in [0.1, 0.15) is 86.5 Å². The van der Waals surface area contributed by atoms with Gasteiger partial charge in [-0.1, -0.05) is 27.7 Å². The molecule has 0 aromatic carbocycles. The molecule has 5 heteroatoms. The van der Waals surface area contributed by atoms with Crippen molar-refractivity contribution in [1.82, 2.24) is 15.1 Å². The molecule has 0 bridgehead atoms. The summed E-state index contributed by atoms with van der Waals surface area (Å²) in [5, 5.41) is 3.64. The van der Waals surface area contributed by atoms with E-state index in [9.17, 15) is 0 Å². The maximum Gasteiger partial charge on any atom is 0.162 e. The first-order chi connectivity index (χ1) is 13.4. The zero-order chi connectivity index (χ0) is 21.3. The van der Waals surface area contributed by atoms with Crippen LogP contribution >= 0.6 is 0 Å². The topological polar surface area (TPSA) is 27.7 Å². The molecule has 0 saturated heterocycles. The van der Waals surface area contributed by atoms with E-state index in [2.05, 4.69) is 63.7 Å². The summed E-state index contributed by atoms with van der Waals surface area (Å²) in [6.07, 6.45) is 8.58. The van der Waals surface area contributed by atoms with Crippen LogP contribution in [0.3, 0.4) is 0 Å². The molecule has 0 aliphatic carbocycles. The summed E-state index contributed by atoms with van der Waals surface area (Å²) in [4.78, 5) is 5.17. The van der Waals surface area contributed by atoms with Gasteiger partial charge in [0.05, 0.1) is 5.60 Å². The third kappa shape index (κ3) is 15.0. The van der Waals surface area contributed by atoms with Crippen molar-refractivity contribution in [2.45, 2.75) is 104 Å². The Morgan fingerprint density at radius 3 is 2.18 bits per heavy atom. The Kier molecular flexibility index (Phi) is 17.9. The molecule has 0 amide bonds. The van der Waals surface area contributed by atoms with Gasteiger partial charge in [0.1, 0.15) is 0 Å². The Labute approximate surface area is 180 Å². The molecule has 0 aromatic rings. The van der Waals surface area contributed by atoms with Crippen molar-refractivity contribution in [3.8, 4) is 0 Å². The van der Waals surface area contributed by atoms with Gasteiger partial charge in [0.15, 0.2) is 9.76 Å². The second kappa shape index (κ2) is 17.9. The molecule has 1 atom stereocenters. The SMILES string of the molecule is CCCN(C)CCCN(CCCNC(C)CC)CCC[SiH2]OC(C)(CC)CC. The van der Waals surface area contributed by atoms with E-state index >= 15 is 0 Å². The molecule has 0 aromatic heterocycles. The molecule has 0 spiro atoms. The van der Waals surface area contributed by atoms with Gasteiger partial charge in [-0.2, -0.15) is 0 Å². The van der Waals surface area contributed by atoms with Crippen LogP contribution in [0.5, 0.6) is 0 Å². The van der Waals surface area contributed by atoms with Crippen LogP contribution in [0.4, 0.5) is 0 Å². The fourth-order valence-electron chi connectivity index (χ4n) is 3.40. The van der Waals surface area contributed by atoms with Crippen LogP contribution in [-0.4, -0.2) is 77.5 Å².